The van der Waals surface area contributed by atoms with Crippen LogP contribution in [0, 0.1) is 0 Å². The Bertz CT molecular complexity index is 1210. The number of alkyl halides is 3. The van der Waals surface area contributed by atoms with E-state index in [-0.39, 0.29) is 23.9 Å². The number of carbonyl (C=O) groups is 2. The van der Waals surface area contributed by atoms with Gasteiger partial charge in [0.2, 0.25) is 5.91 Å². The largest absolute Gasteiger partial charge is 0.416 e. The monoisotopic (exact) mass is 450 g/mol. The smallest absolute Gasteiger partial charge is 0.337 e. The van der Waals surface area contributed by atoms with E-state index in [1.54, 1.807) is 9.80 Å². The minimum absolute atomic E-state index is 0.0460. The number of hydrogen-bond acceptors (Lipinski definition) is 2. The van der Waals surface area contributed by atoms with Gasteiger partial charge in [0.15, 0.2) is 0 Å². The molecule has 1 spiro atoms. The standard InChI is InChI=1S/C26H21F3N2O2/c27-26(28,29)20-12-10-19(11-13-20)23(32)30-15-14-25(17-30)21-8-4-5-9-22(21)31(24(25)33)16-18-6-2-1-3-7-18/h1-13H,14-17H2. The molecule has 3 aromatic carbocycles. The van der Waals surface area contributed by atoms with Crippen LogP contribution in [0.4, 0.5) is 18.9 Å². The lowest BCUT2D eigenvalue weighted by Gasteiger charge is -2.25. The molecule has 7 heteroatoms. The SMILES string of the molecule is O=C(c1ccc(C(F)(F)F)cc1)N1CCC2(C1)C(=O)N(Cc1ccccc1)c1ccccc12. The highest BCUT2D eigenvalue weighted by molar-refractivity contribution is 6.09. The number of para-hydroxylation sites is 1. The van der Waals surface area contributed by atoms with Gasteiger partial charge >= 0.3 is 6.18 Å². The topological polar surface area (TPSA) is 40.6 Å². The van der Waals surface area contributed by atoms with Crippen molar-refractivity contribution >= 4 is 17.5 Å². The maximum atomic E-state index is 13.7. The van der Waals surface area contributed by atoms with Crippen LogP contribution in [0.1, 0.15) is 33.5 Å². The van der Waals surface area contributed by atoms with Crippen molar-refractivity contribution in [1.82, 2.24) is 4.90 Å². The van der Waals surface area contributed by atoms with Crippen LogP contribution in [-0.4, -0.2) is 29.8 Å². The summed E-state index contributed by atoms with van der Waals surface area (Å²) in [5.41, 5.74) is 1.29. The molecular weight excluding hydrogens is 429 g/mol. The molecule has 1 unspecified atom stereocenters. The van der Waals surface area contributed by atoms with E-state index in [9.17, 15) is 22.8 Å². The lowest BCUT2D eigenvalue weighted by molar-refractivity contribution is -0.137. The van der Waals surface area contributed by atoms with E-state index in [0.717, 1.165) is 28.9 Å². The van der Waals surface area contributed by atoms with Gasteiger partial charge in [0, 0.05) is 24.3 Å². The second kappa shape index (κ2) is 7.76. The molecule has 0 saturated carbocycles. The fourth-order valence-corrected chi connectivity index (χ4v) is 4.88. The molecule has 1 fully saturated rings. The zero-order chi connectivity index (χ0) is 23.2. The minimum Gasteiger partial charge on any atom is -0.337 e. The van der Waals surface area contributed by atoms with E-state index in [4.69, 9.17) is 0 Å². The number of carbonyl (C=O) groups excluding carboxylic acids is 2. The molecule has 1 atom stereocenters. The number of rotatable bonds is 3. The number of amides is 2. The van der Waals surface area contributed by atoms with Crippen LogP contribution in [0.2, 0.25) is 0 Å². The van der Waals surface area contributed by atoms with Gasteiger partial charge in [-0.3, -0.25) is 9.59 Å². The third kappa shape index (κ3) is 3.57. The Morgan fingerprint density at radius 2 is 1.58 bits per heavy atom. The highest BCUT2D eigenvalue weighted by atomic mass is 19.4. The first-order chi connectivity index (χ1) is 15.8. The van der Waals surface area contributed by atoms with Gasteiger partial charge in [-0.1, -0.05) is 48.5 Å². The van der Waals surface area contributed by atoms with E-state index in [2.05, 4.69) is 0 Å². The number of anilines is 1. The fraction of sp³-hybridized carbons (Fsp3) is 0.231. The molecule has 0 aromatic heterocycles. The number of fused-ring (bicyclic) bond motifs is 2. The van der Waals surface area contributed by atoms with E-state index in [1.807, 2.05) is 54.6 Å². The van der Waals surface area contributed by atoms with Crippen molar-refractivity contribution in [3.63, 3.8) is 0 Å². The molecule has 2 amide bonds. The van der Waals surface area contributed by atoms with Crippen LogP contribution in [0.25, 0.3) is 0 Å². The molecule has 0 bridgehead atoms. The van der Waals surface area contributed by atoms with Gasteiger partial charge in [0.25, 0.3) is 5.91 Å². The molecule has 33 heavy (non-hydrogen) atoms. The van der Waals surface area contributed by atoms with Crippen LogP contribution in [-0.2, 0) is 22.9 Å². The summed E-state index contributed by atoms with van der Waals surface area (Å²) in [5.74, 6) is -0.414. The molecule has 0 N–H and O–H groups in total. The first-order valence-corrected chi connectivity index (χ1v) is 10.7. The third-order valence-corrected chi connectivity index (χ3v) is 6.56. The van der Waals surface area contributed by atoms with Gasteiger partial charge < -0.3 is 9.80 Å². The molecular formula is C26H21F3N2O2. The Morgan fingerprint density at radius 1 is 0.909 bits per heavy atom. The van der Waals surface area contributed by atoms with E-state index in [1.165, 1.54) is 12.1 Å². The zero-order valence-electron chi connectivity index (χ0n) is 17.7. The molecule has 168 valence electrons. The van der Waals surface area contributed by atoms with Gasteiger partial charge in [-0.15, -0.1) is 0 Å². The average Bonchev–Trinajstić information content (AvgIpc) is 3.36. The maximum Gasteiger partial charge on any atom is 0.416 e. The summed E-state index contributed by atoms with van der Waals surface area (Å²) in [7, 11) is 0. The molecule has 3 aromatic rings. The summed E-state index contributed by atoms with van der Waals surface area (Å²) in [6, 6.07) is 21.6. The molecule has 2 heterocycles. The van der Waals surface area contributed by atoms with Gasteiger partial charge in [-0.05, 0) is 47.9 Å². The first-order valence-electron chi connectivity index (χ1n) is 10.7. The second-order valence-corrected chi connectivity index (χ2v) is 8.53. The maximum absolute atomic E-state index is 13.7. The number of likely N-dealkylation sites (tertiary alicyclic amines) is 1. The minimum atomic E-state index is -4.46. The second-order valence-electron chi connectivity index (χ2n) is 8.53. The highest BCUT2D eigenvalue weighted by Crippen LogP contribution is 2.48. The van der Waals surface area contributed by atoms with Crippen LogP contribution in [0.15, 0.2) is 78.9 Å². The molecule has 4 nitrogen and oxygen atoms in total. The van der Waals surface area contributed by atoms with Crippen molar-refractivity contribution in [2.45, 2.75) is 24.6 Å². The number of hydrogen-bond donors (Lipinski definition) is 0. The molecule has 2 aliphatic heterocycles. The van der Waals surface area contributed by atoms with E-state index in [0.29, 0.717) is 19.5 Å². The average molecular weight is 450 g/mol. The Kier molecular flexibility index (Phi) is 5.00. The van der Waals surface area contributed by atoms with Crippen LogP contribution >= 0.6 is 0 Å². The summed E-state index contributed by atoms with van der Waals surface area (Å²) in [5, 5.41) is 0. The summed E-state index contributed by atoms with van der Waals surface area (Å²) >= 11 is 0. The Labute approximate surface area is 189 Å². The Morgan fingerprint density at radius 3 is 2.27 bits per heavy atom. The van der Waals surface area contributed by atoms with Crippen molar-refractivity contribution in [3.05, 3.63) is 101 Å². The lowest BCUT2D eigenvalue weighted by Crippen LogP contribution is -2.43. The zero-order valence-corrected chi connectivity index (χ0v) is 17.7. The quantitative estimate of drug-likeness (QED) is 0.561. The first kappa shape index (κ1) is 21.2. The van der Waals surface area contributed by atoms with E-state index >= 15 is 0 Å². The molecule has 1 saturated heterocycles. The van der Waals surface area contributed by atoms with Crippen molar-refractivity contribution in [2.75, 3.05) is 18.0 Å². The number of nitrogens with zero attached hydrogens (tertiary/aromatic N) is 2. The molecule has 0 radical (unpaired) electrons. The third-order valence-electron chi connectivity index (χ3n) is 6.56. The summed E-state index contributed by atoms with van der Waals surface area (Å²) < 4.78 is 38.6. The van der Waals surface area contributed by atoms with Crippen molar-refractivity contribution in [2.24, 2.45) is 0 Å². The summed E-state index contributed by atoms with van der Waals surface area (Å²) in [6.45, 7) is 0.998. The predicted molar refractivity (Wildman–Crippen MR) is 118 cm³/mol. The van der Waals surface area contributed by atoms with Gasteiger partial charge in [-0.25, -0.2) is 0 Å². The van der Waals surface area contributed by atoms with Crippen LogP contribution in [0.5, 0.6) is 0 Å². The van der Waals surface area contributed by atoms with Gasteiger partial charge in [0.05, 0.1) is 17.5 Å². The summed E-state index contributed by atoms with van der Waals surface area (Å²) in [4.78, 5) is 30.1. The fourth-order valence-electron chi connectivity index (χ4n) is 4.88. The lowest BCUT2D eigenvalue weighted by atomic mass is 9.81. The highest BCUT2D eigenvalue weighted by Gasteiger charge is 2.55. The normalized spacial score (nSPS) is 19.9. The van der Waals surface area contributed by atoms with Gasteiger partial charge in [0.1, 0.15) is 0 Å². The van der Waals surface area contributed by atoms with Gasteiger partial charge in [-0.2, -0.15) is 13.2 Å². The Balaban J connectivity index is 1.42. The van der Waals surface area contributed by atoms with Crippen LogP contribution in [0.3, 0.4) is 0 Å². The predicted octanol–water partition coefficient (Wildman–Crippen LogP) is 5.04. The van der Waals surface area contributed by atoms with E-state index < -0.39 is 17.2 Å². The molecule has 5 rings (SSSR count). The number of halogens is 3. The molecule has 2 aliphatic rings. The van der Waals surface area contributed by atoms with Crippen molar-refractivity contribution in [3.8, 4) is 0 Å². The van der Waals surface area contributed by atoms with Crippen molar-refractivity contribution in [1.29, 1.82) is 0 Å². The Hall–Kier alpha value is -3.61. The number of benzene rings is 3. The molecule has 0 aliphatic carbocycles. The van der Waals surface area contributed by atoms with Crippen LogP contribution < -0.4 is 4.90 Å². The summed E-state index contributed by atoms with van der Waals surface area (Å²) in [6.07, 6.45) is -3.98. The van der Waals surface area contributed by atoms with Crippen molar-refractivity contribution < 1.29 is 22.8 Å².